The predicted molar refractivity (Wildman–Crippen MR) is 91.3 cm³/mol. The standard InChI is InChI=1S/C18H21BN2/c1-20-12-11-19-15(13-20)14-21(16-7-3-2-4-8-16)18-10-6-5-9-17(18)19/h2-10,15H,11-14H2,1H3. The van der Waals surface area contributed by atoms with Crippen molar-refractivity contribution in [3.63, 3.8) is 0 Å². The zero-order chi connectivity index (χ0) is 14.2. The molecule has 0 N–H and O–H groups in total. The van der Waals surface area contributed by atoms with Gasteiger partial charge in [-0.1, -0.05) is 48.2 Å². The van der Waals surface area contributed by atoms with Crippen molar-refractivity contribution >= 4 is 23.6 Å². The maximum absolute atomic E-state index is 2.51. The Balaban J connectivity index is 1.78. The van der Waals surface area contributed by atoms with Gasteiger partial charge in [-0.05, 0) is 44.2 Å². The molecule has 2 aliphatic rings. The molecule has 0 radical (unpaired) electrons. The molecule has 2 aromatic carbocycles. The van der Waals surface area contributed by atoms with Crippen molar-refractivity contribution in [2.75, 3.05) is 31.6 Å². The summed E-state index contributed by atoms with van der Waals surface area (Å²) in [5.74, 6) is 0.735. The summed E-state index contributed by atoms with van der Waals surface area (Å²) in [6.07, 6.45) is 1.29. The van der Waals surface area contributed by atoms with E-state index in [2.05, 4.69) is 71.4 Å². The lowest BCUT2D eigenvalue weighted by Gasteiger charge is -2.44. The highest BCUT2D eigenvalue weighted by molar-refractivity contribution is 6.77. The number of nitrogens with zero attached hydrogens (tertiary/aromatic N) is 2. The lowest BCUT2D eigenvalue weighted by molar-refractivity contribution is 0.330. The van der Waals surface area contributed by atoms with Crippen LogP contribution in [0.4, 0.5) is 11.4 Å². The topological polar surface area (TPSA) is 6.48 Å². The summed E-state index contributed by atoms with van der Waals surface area (Å²) in [6.45, 7) is 4.30. The number of fused-ring (bicyclic) bond motifs is 3. The Morgan fingerprint density at radius 3 is 2.57 bits per heavy atom. The molecule has 106 valence electrons. The summed E-state index contributed by atoms with van der Waals surface area (Å²) < 4.78 is 0. The highest BCUT2D eigenvalue weighted by Gasteiger charge is 2.39. The van der Waals surface area contributed by atoms with Gasteiger partial charge in [0.05, 0.1) is 0 Å². The van der Waals surface area contributed by atoms with Crippen LogP contribution >= 0.6 is 0 Å². The quantitative estimate of drug-likeness (QED) is 0.739. The first kappa shape index (κ1) is 13.0. The van der Waals surface area contributed by atoms with Crippen molar-refractivity contribution in [1.29, 1.82) is 0 Å². The molecule has 1 unspecified atom stereocenters. The van der Waals surface area contributed by atoms with Gasteiger partial charge in [0.2, 0.25) is 0 Å². The minimum atomic E-state index is 0.734. The number of anilines is 2. The van der Waals surface area contributed by atoms with Crippen molar-refractivity contribution in [3.05, 3.63) is 54.6 Å². The SMILES string of the molecule is CN1CCB2c3ccccc3N(c3ccccc3)CC2C1. The van der Waals surface area contributed by atoms with Crippen LogP contribution in [0.25, 0.3) is 0 Å². The summed E-state index contributed by atoms with van der Waals surface area (Å²) >= 11 is 0. The first-order valence-corrected chi connectivity index (χ1v) is 7.93. The highest BCUT2D eigenvalue weighted by Crippen LogP contribution is 2.35. The van der Waals surface area contributed by atoms with Crippen LogP contribution in [0.3, 0.4) is 0 Å². The van der Waals surface area contributed by atoms with Gasteiger partial charge in [-0.2, -0.15) is 0 Å². The molecule has 0 amide bonds. The molecule has 3 heteroatoms. The summed E-state index contributed by atoms with van der Waals surface area (Å²) in [4.78, 5) is 4.99. The number of para-hydroxylation sites is 2. The smallest absolute Gasteiger partial charge is 0.186 e. The Morgan fingerprint density at radius 1 is 0.952 bits per heavy atom. The molecular formula is C18H21BN2. The van der Waals surface area contributed by atoms with Crippen LogP contribution in [0, 0.1) is 0 Å². The van der Waals surface area contributed by atoms with Crippen molar-refractivity contribution in [3.8, 4) is 0 Å². The summed E-state index contributed by atoms with van der Waals surface area (Å²) in [6, 6.07) is 19.8. The van der Waals surface area contributed by atoms with Gasteiger partial charge in [-0.15, -0.1) is 0 Å². The average molecular weight is 276 g/mol. The molecule has 0 spiro atoms. The maximum atomic E-state index is 2.51. The van der Waals surface area contributed by atoms with Gasteiger partial charge >= 0.3 is 0 Å². The van der Waals surface area contributed by atoms with Crippen LogP contribution in [0.1, 0.15) is 0 Å². The molecule has 0 saturated carbocycles. The number of benzene rings is 2. The van der Waals surface area contributed by atoms with Crippen molar-refractivity contribution in [2.24, 2.45) is 0 Å². The molecular weight excluding hydrogens is 255 g/mol. The minimum absolute atomic E-state index is 0.734. The third-order valence-electron chi connectivity index (χ3n) is 5.05. The molecule has 2 nitrogen and oxygen atoms in total. The van der Waals surface area contributed by atoms with E-state index in [9.17, 15) is 0 Å². The van der Waals surface area contributed by atoms with E-state index in [-0.39, 0.29) is 0 Å². The van der Waals surface area contributed by atoms with Gasteiger partial charge in [0.1, 0.15) is 0 Å². The van der Waals surface area contributed by atoms with Crippen LogP contribution in [-0.2, 0) is 0 Å². The summed E-state index contributed by atoms with van der Waals surface area (Å²) in [5, 5.41) is 0. The Labute approximate surface area is 127 Å². The number of hydrogen-bond acceptors (Lipinski definition) is 2. The molecule has 1 fully saturated rings. The number of hydrogen-bond donors (Lipinski definition) is 0. The lowest BCUT2D eigenvalue weighted by atomic mass is 9.32. The fourth-order valence-electron chi connectivity index (χ4n) is 4.04. The summed E-state index contributed by atoms with van der Waals surface area (Å²) in [7, 11) is 2.25. The lowest BCUT2D eigenvalue weighted by Crippen LogP contribution is -2.54. The van der Waals surface area contributed by atoms with Gasteiger partial charge < -0.3 is 9.80 Å². The molecule has 2 aromatic rings. The van der Waals surface area contributed by atoms with Crippen LogP contribution < -0.4 is 10.4 Å². The Morgan fingerprint density at radius 2 is 1.71 bits per heavy atom. The minimum Gasteiger partial charge on any atom is -0.342 e. The van der Waals surface area contributed by atoms with Gasteiger partial charge in [-0.25, -0.2) is 0 Å². The maximum Gasteiger partial charge on any atom is 0.186 e. The van der Waals surface area contributed by atoms with Crippen LogP contribution in [0.15, 0.2) is 54.6 Å². The zero-order valence-corrected chi connectivity index (χ0v) is 12.6. The normalized spacial score (nSPS) is 21.9. The van der Waals surface area contributed by atoms with E-state index in [0.717, 1.165) is 19.1 Å². The van der Waals surface area contributed by atoms with E-state index in [1.54, 1.807) is 5.46 Å². The number of rotatable bonds is 1. The molecule has 2 aliphatic heterocycles. The second-order valence-corrected chi connectivity index (χ2v) is 6.42. The predicted octanol–water partition coefficient (Wildman–Crippen LogP) is 2.86. The molecule has 0 aliphatic carbocycles. The summed E-state index contributed by atoms with van der Waals surface area (Å²) in [5.41, 5.74) is 4.27. The molecule has 1 atom stereocenters. The second-order valence-electron chi connectivity index (χ2n) is 6.42. The third-order valence-corrected chi connectivity index (χ3v) is 5.05. The first-order chi connectivity index (χ1) is 10.3. The Hall–Kier alpha value is -1.74. The monoisotopic (exact) mass is 276 g/mol. The Bertz CT molecular complexity index is 628. The van der Waals surface area contributed by atoms with Crippen LogP contribution in [0.5, 0.6) is 0 Å². The molecule has 2 heterocycles. The van der Waals surface area contributed by atoms with Crippen LogP contribution in [-0.4, -0.2) is 38.3 Å². The van der Waals surface area contributed by atoms with Gasteiger partial charge in [-0.3, -0.25) is 0 Å². The second kappa shape index (κ2) is 5.23. The van der Waals surface area contributed by atoms with Gasteiger partial charge in [0.15, 0.2) is 6.71 Å². The van der Waals surface area contributed by atoms with Crippen molar-refractivity contribution in [2.45, 2.75) is 12.1 Å². The third kappa shape index (κ3) is 2.26. The highest BCUT2D eigenvalue weighted by atomic mass is 15.2. The van der Waals surface area contributed by atoms with E-state index in [4.69, 9.17) is 0 Å². The van der Waals surface area contributed by atoms with Gasteiger partial charge in [0.25, 0.3) is 0 Å². The van der Waals surface area contributed by atoms with E-state index < -0.39 is 0 Å². The molecule has 4 rings (SSSR count). The fraction of sp³-hybridized carbons (Fsp3) is 0.333. The molecule has 1 saturated heterocycles. The van der Waals surface area contributed by atoms with Crippen molar-refractivity contribution in [1.82, 2.24) is 4.90 Å². The van der Waals surface area contributed by atoms with Gasteiger partial charge in [0, 0.05) is 17.9 Å². The van der Waals surface area contributed by atoms with E-state index in [1.807, 2.05) is 0 Å². The van der Waals surface area contributed by atoms with Crippen LogP contribution in [0.2, 0.25) is 12.1 Å². The van der Waals surface area contributed by atoms with E-state index in [0.29, 0.717) is 0 Å². The van der Waals surface area contributed by atoms with Crippen molar-refractivity contribution < 1.29 is 0 Å². The average Bonchev–Trinajstić information content (AvgIpc) is 2.54. The Kier molecular flexibility index (Phi) is 3.23. The first-order valence-electron chi connectivity index (χ1n) is 7.93. The molecule has 0 aromatic heterocycles. The molecule has 21 heavy (non-hydrogen) atoms. The van der Waals surface area contributed by atoms with E-state index in [1.165, 1.54) is 30.8 Å². The van der Waals surface area contributed by atoms with E-state index >= 15 is 0 Å². The largest absolute Gasteiger partial charge is 0.342 e. The fourth-order valence-corrected chi connectivity index (χ4v) is 4.04. The zero-order valence-electron chi connectivity index (χ0n) is 12.6. The molecule has 0 bridgehead atoms.